The number of hydrogen-bond donors (Lipinski definition) is 17. The van der Waals surface area contributed by atoms with Crippen molar-refractivity contribution in [2.45, 2.75) is 251 Å². The van der Waals surface area contributed by atoms with Gasteiger partial charge in [-0.15, -0.1) is 0 Å². The fourth-order valence-corrected chi connectivity index (χ4v) is 10.8. The zero-order chi connectivity index (χ0) is 56.8. The fourth-order valence-electron chi connectivity index (χ4n) is 10.8. The maximum absolute atomic E-state index is 12.1. The summed E-state index contributed by atoms with van der Waals surface area (Å²) in [4.78, 5) is 0. The van der Waals surface area contributed by atoms with E-state index >= 15 is 0 Å². The summed E-state index contributed by atoms with van der Waals surface area (Å²) < 4.78 is 76.3. The van der Waals surface area contributed by atoms with Gasteiger partial charge in [-0.1, -0.05) is 47.5 Å². The molecule has 0 bridgehead atoms. The Morgan fingerprint density at radius 3 is 1.26 bits per heavy atom. The highest BCUT2D eigenvalue weighted by Gasteiger charge is 2.74. The van der Waals surface area contributed by atoms with Crippen molar-refractivity contribution in [2.24, 2.45) is 11.3 Å². The lowest BCUT2D eigenvalue weighted by Gasteiger charge is -2.51. The highest BCUT2D eigenvalue weighted by Crippen LogP contribution is 2.51. The van der Waals surface area contributed by atoms with Crippen molar-refractivity contribution in [3.63, 3.8) is 0 Å². The molecule has 7 aliphatic heterocycles. The molecular formula is C47H82O30. The maximum Gasteiger partial charge on any atom is 0.315 e. The van der Waals surface area contributed by atoms with Crippen LogP contribution in [0.2, 0.25) is 0 Å². The molecule has 7 aliphatic rings. The van der Waals surface area contributed by atoms with E-state index in [4.69, 9.17) is 61.6 Å². The normalized spacial score (nSPS) is 49.8. The van der Waals surface area contributed by atoms with Crippen LogP contribution < -0.4 is 0 Å². The maximum atomic E-state index is 12.1. The average Bonchev–Trinajstić information content (AvgIpc) is 4.23. The van der Waals surface area contributed by atoms with E-state index in [-0.39, 0.29) is 0 Å². The van der Waals surface area contributed by atoms with Gasteiger partial charge in [0.15, 0.2) is 43.8 Å². The first-order valence-corrected chi connectivity index (χ1v) is 26.2. The Morgan fingerprint density at radius 1 is 0.364 bits per heavy atom. The first kappa shape index (κ1) is 63.4. The predicted octanol–water partition coefficient (Wildman–Crippen LogP) is -8.09. The molecule has 0 saturated carbocycles. The monoisotopic (exact) mass is 1130 g/mol. The first-order valence-electron chi connectivity index (χ1n) is 26.2. The second-order valence-corrected chi connectivity index (χ2v) is 21.3. The molecule has 0 aliphatic carbocycles. The van der Waals surface area contributed by atoms with E-state index in [9.17, 15) is 86.8 Å². The summed E-state index contributed by atoms with van der Waals surface area (Å²) in [7, 11) is 0. The van der Waals surface area contributed by atoms with Crippen LogP contribution in [-0.4, -0.2) is 303 Å². The Bertz CT molecular complexity index is 1840. The second-order valence-electron chi connectivity index (χ2n) is 21.3. The molecule has 7 saturated heterocycles. The van der Waals surface area contributed by atoms with E-state index in [1.807, 2.05) is 27.7 Å². The van der Waals surface area contributed by atoms with Crippen molar-refractivity contribution in [2.75, 3.05) is 33.0 Å². The highest BCUT2D eigenvalue weighted by atomic mass is 17.0. The van der Waals surface area contributed by atoms with Gasteiger partial charge in [-0.25, -0.2) is 0 Å². The third-order valence-electron chi connectivity index (χ3n) is 16.7. The SMILES string of the molecule is CCC(C)(CC)OC1OC(CO)C(O)C(OC23OC(CO)C(O)C(OC4OC(OC5OC(CO)C(O)C(O)C5O)C(O)C(OC5OC(CO)C(O)C(OC6OC(CO)C(O)C(C(C)(CC)CC)C6O)C5O)C4O)C2O3)C1O. The highest BCUT2D eigenvalue weighted by molar-refractivity contribution is 5.07. The molecule has 0 aromatic rings. The van der Waals surface area contributed by atoms with Crippen LogP contribution in [0.15, 0.2) is 0 Å². The summed E-state index contributed by atoms with van der Waals surface area (Å²) >= 11 is 0. The number of fused-ring (bicyclic) bond motifs is 1. The van der Waals surface area contributed by atoms with Crippen LogP contribution in [0.1, 0.15) is 67.2 Å². The molecule has 30 heteroatoms. The van der Waals surface area contributed by atoms with Gasteiger partial charge < -0.3 is 148 Å². The Labute approximate surface area is 442 Å². The molecule has 30 nitrogen and oxygen atoms in total. The molecule has 7 fully saturated rings. The Hall–Kier alpha value is -1.20. The summed E-state index contributed by atoms with van der Waals surface area (Å²) in [5.41, 5.74) is -1.60. The number of ether oxygens (including phenoxy) is 13. The molecule has 7 rings (SSSR count). The first-order chi connectivity index (χ1) is 36.4. The number of aliphatic hydroxyl groups is 17. The van der Waals surface area contributed by atoms with Gasteiger partial charge in [0, 0.05) is 5.92 Å². The molecule has 77 heavy (non-hydrogen) atoms. The lowest BCUT2D eigenvalue weighted by atomic mass is 9.66. The van der Waals surface area contributed by atoms with Crippen molar-refractivity contribution in [3.05, 3.63) is 0 Å². The predicted molar refractivity (Wildman–Crippen MR) is 246 cm³/mol. The standard InChI is InChI=1S/C47H82O30/c1-7-45(5,8-2)21-22(53)16(11-48)65-39(27(21)58)69-34-24(55)18(13-50)67-41(30(34)61)70-35-31(62)42(73-43(32(35)63)72-40-29(60)28(59)23(54)17(12-49)66-40)71-37-26(57)20(15-52)74-47(38(37)76-47)75-36-25(56)19(14-51)68-44(33(36)64)77-46(6,9-3)10-4/h16-44,48-64H,7-15H2,1-6H3. The van der Waals surface area contributed by atoms with Gasteiger partial charge in [0.05, 0.1) is 44.7 Å². The van der Waals surface area contributed by atoms with Crippen LogP contribution in [0, 0.1) is 11.3 Å². The van der Waals surface area contributed by atoms with Crippen molar-refractivity contribution < 1.29 is 148 Å². The summed E-state index contributed by atoms with van der Waals surface area (Å²) in [6.45, 7) is 6.51. The van der Waals surface area contributed by atoms with Crippen molar-refractivity contribution in [1.82, 2.24) is 0 Å². The average molecular weight is 1130 g/mol. The van der Waals surface area contributed by atoms with E-state index in [1.54, 1.807) is 13.8 Å². The van der Waals surface area contributed by atoms with Crippen LogP contribution in [0.25, 0.3) is 0 Å². The number of epoxide rings is 1. The van der Waals surface area contributed by atoms with Crippen molar-refractivity contribution in [1.29, 1.82) is 0 Å². The van der Waals surface area contributed by atoms with Gasteiger partial charge in [0.1, 0.15) is 122 Å². The molecule has 17 N–H and O–H groups in total. The molecule has 0 spiro atoms. The minimum atomic E-state index is -2.36. The van der Waals surface area contributed by atoms with Crippen molar-refractivity contribution >= 4 is 0 Å². The quantitative estimate of drug-likeness (QED) is 0.0448. The minimum Gasteiger partial charge on any atom is -0.394 e. The Kier molecular flexibility index (Phi) is 21.2. The summed E-state index contributed by atoms with van der Waals surface area (Å²) in [5.74, 6) is -3.35. The summed E-state index contributed by atoms with van der Waals surface area (Å²) in [6, 6.07) is 0. The minimum absolute atomic E-state index is 0.447. The van der Waals surface area contributed by atoms with E-state index in [0.717, 1.165) is 0 Å². The van der Waals surface area contributed by atoms with Gasteiger partial charge >= 0.3 is 5.97 Å². The molecular weight excluding hydrogens is 1040 g/mol. The van der Waals surface area contributed by atoms with Crippen LogP contribution in [0.3, 0.4) is 0 Å². The third kappa shape index (κ3) is 12.4. The molecule has 30 atom stereocenters. The van der Waals surface area contributed by atoms with Gasteiger partial charge in [0.25, 0.3) is 0 Å². The second kappa shape index (κ2) is 25.7. The fraction of sp³-hybridized carbons (Fsp3) is 1.00. The molecule has 0 aromatic heterocycles. The molecule has 7 heterocycles. The van der Waals surface area contributed by atoms with Crippen LogP contribution >= 0.6 is 0 Å². The molecule has 0 aromatic carbocycles. The third-order valence-corrected chi connectivity index (χ3v) is 16.7. The Morgan fingerprint density at radius 2 is 0.753 bits per heavy atom. The van der Waals surface area contributed by atoms with Crippen molar-refractivity contribution in [3.8, 4) is 0 Å². The van der Waals surface area contributed by atoms with E-state index in [2.05, 4.69) is 0 Å². The topological polar surface area (TPSA) is 467 Å². The largest absolute Gasteiger partial charge is 0.394 e. The zero-order valence-electron chi connectivity index (χ0n) is 43.5. The van der Waals surface area contributed by atoms with Gasteiger partial charge in [-0.2, -0.15) is 0 Å². The van der Waals surface area contributed by atoms with Crippen LogP contribution in [0.4, 0.5) is 0 Å². The molecule has 0 amide bonds. The van der Waals surface area contributed by atoms with Crippen LogP contribution in [0.5, 0.6) is 0 Å². The van der Waals surface area contributed by atoms with Gasteiger partial charge in [-0.3, -0.25) is 0 Å². The van der Waals surface area contributed by atoms with E-state index in [1.165, 1.54) is 0 Å². The zero-order valence-corrected chi connectivity index (χ0v) is 43.5. The van der Waals surface area contributed by atoms with Gasteiger partial charge in [-0.05, 0) is 25.2 Å². The number of rotatable bonds is 22. The lowest BCUT2D eigenvalue weighted by Crippen LogP contribution is -2.68. The summed E-state index contributed by atoms with van der Waals surface area (Å²) in [5, 5.41) is 188. The van der Waals surface area contributed by atoms with Crippen LogP contribution in [-0.2, 0) is 61.6 Å². The summed E-state index contributed by atoms with van der Waals surface area (Å²) in [6.07, 6.45) is -50.0. The van der Waals surface area contributed by atoms with Gasteiger partial charge in [0.2, 0.25) is 0 Å². The molecule has 30 unspecified atom stereocenters. The van der Waals surface area contributed by atoms with E-state index < -0.39 is 228 Å². The number of hydrogen-bond acceptors (Lipinski definition) is 30. The number of aliphatic hydroxyl groups excluding tert-OH is 17. The molecule has 0 radical (unpaired) electrons. The molecule has 450 valence electrons. The Balaban J connectivity index is 1.17. The van der Waals surface area contributed by atoms with E-state index in [0.29, 0.717) is 25.7 Å². The lowest BCUT2D eigenvalue weighted by molar-refractivity contribution is -0.423. The smallest absolute Gasteiger partial charge is 0.315 e.